The SMILES string of the molecule is Cc1noc(CNC(=O)C2(C(C)C)CCNC2)n1. The van der Waals surface area contributed by atoms with Crippen molar-refractivity contribution in [2.45, 2.75) is 33.7 Å². The second-order valence-corrected chi connectivity index (χ2v) is 5.16. The average Bonchev–Trinajstić information content (AvgIpc) is 2.95. The van der Waals surface area contributed by atoms with Crippen LogP contribution in [-0.4, -0.2) is 29.1 Å². The lowest BCUT2D eigenvalue weighted by Crippen LogP contribution is -2.45. The van der Waals surface area contributed by atoms with Gasteiger partial charge in [0, 0.05) is 6.54 Å². The van der Waals surface area contributed by atoms with Crippen molar-refractivity contribution < 1.29 is 9.32 Å². The van der Waals surface area contributed by atoms with E-state index in [0.717, 1.165) is 19.5 Å². The Hall–Kier alpha value is -1.43. The molecule has 0 aromatic carbocycles. The van der Waals surface area contributed by atoms with Crippen LogP contribution in [0.4, 0.5) is 0 Å². The van der Waals surface area contributed by atoms with Crippen molar-refractivity contribution >= 4 is 5.91 Å². The van der Waals surface area contributed by atoms with Crippen LogP contribution in [0.2, 0.25) is 0 Å². The zero-order valence-corrected chi connectivity index (χ0v) is 11.1. The monoisotopic (exact) mass is 252 g/mol. The molecule has 6 nitrogen and oxygen atoms in total. The van der Waals surface area contributed by atoms with Gasteiger partial charge < -0.3 is 15.2 Å². The quantitative estimate of drug-likeness (QED) is 0.821. The second-order valence-electron chi connectivity index (χ2n) is 5.16. The number of hydrogen-bond acceptors (Lipinski definition) is 5. The second kappa shape index (κ2) is 5.06. The Labute approximate surface area is 107 Å². The van der Waals surface area contributed by atoms with Gasteiger partial charge in [-0.1, -0.05) is 19.0 Å². The first-order chi connectivity index (χ1) is 8.54. The molecule has 0 bridgehead atoms. The van der Waals surface area contributed by atoms with Gasteiger partial charge in [0.25, 0.3) is 0 Å². The van der Waals surface area contributed by atoms with Crippen LogP contribution < -0.4 is 10.6 Å². The third kappa shape index (κ3) is 2.38. The fourth-order valence-electron chi connectivity index (χ4n) is 2.40. The van der Waals surface area contributed by atoms with Gasteiger partial charge in [0.1, 0.15) is 0 Å². The summed E-state index contributed by atoms with van der Waals surface area (Å²) in [4.78, 5) is 16.4. The minimum absolute atomic E-state index is 0.0679. The zero-order valence-electron chi connectivity index (χ0n) is 11.1. The highest BCUT2D eigenvalue weighted by molar-refractivity contribution is 5.83. The minimum atomic E-state index is -0.310. The summed E-state index contributed by atoms with van der Waals surface area (Å²) in [5.74, 6) is 1.40. The molecule has 0 radical (unpaired) electrons. The van der Waals surface area contributed by atoms with Gasteiger partial charge in [-0.25, -0.2) is 0 Å². The lowest BCUT2D eigenvalue weighted by atomic mass is 9.75. The van der Waals surface area contributed by atoms with E-state index in [1.165, 1.54) is 0 Å². The van der Waals surface area contributed by atoms with E-state index in [-0.39, 0.29) is 11.3 Å². The summed E-state index contributed by atoms with van der Waals surface area (Å²) in [6, 6.07) is 0. The highest BCUT2D eigenvalue weighted by atomic mass is 16.5. The lowest BCUT2D eigenvalue weighted by Gasteiger charge is -2.30. The first kappa shape index (κ1) is 13.0. The third-order valence-corrected chi connectivity index (χ3v) is 3.72. The van der Waals surface area contributed by atoms with Crippen molar-refractivity contribution in [3.63, 3.8) is 0 Å². The normalized spacial score (nSPS) is 23.6. The van der Waals surface area contributed by atoms with E-state index in [0.29, 0.717) is 24.2 Å². The Morgan fingerprint density at radius 1 is 1.61 bits per heavy atom. The van der Waals surface area contributed by atoms with Gasteiger partial charge in [-0.2, -0.15) is 4.98 Å². The van der Waals surface area contributed by atoms with Crippen LogP contribution in [0.3, 0.4) is 0 Å². The van der Waals surface area contributed by atoms with Gasteiger partial charge >= 0.3 is 0 Å². The molecule has 1 aromatic rings. The molecule has 2 heterocycles. The number of hydrogen-bond donors (Lipinski definition) is 2. The van der Waals surface area contributed by atoms with Crippen LogP contribution in [0.15, 0.2) is 4.52 Å². The molecule has 1 fully saturated rings. The number of aromatic nitrogens is 2. The van der Waals surface area contributed by atoms with Gasteiger partial charge in [0.05, 0.1) is 12.0 Å². The number of nitrogens with one attached hydrogen (secondary N) is 2. The summed E-state index contributed by atoms with van der Waals surface area (Å²) in [6.07, 6.45) is 0.874. The van der Waals surface area contributed by atoms with E-state index in [4.69, 9.17) is 4.52 Å². The fourth-order valence-corrected chi connectivity index (χ4v) is 2.40. The maximum absolute atomic E-state index is 12.3. The van der Waals surface area contributed by atoms with Crippen LogP contribution >= 0.6 is 0 Å². The van der Waals surface area contributed by atoms with Crippen molar-refractivity contribution in [3.05, 3.63) is 11.7 Å². The zero-order chi connectivity index (χ0) is 13.2. The molecule has 1 unspecified atom stereocenters. The number of rotatable bonds is 4. The van der Waals surface area contributed by atoms with Crippen LogP contribution in [-0.2, 0) is 11.3 Å². The minimum Gasteiger partial charge on any atom is -0.346 e. The van der Waals surface area contributed by atoms with Gasteiger partial charge in [-0.15, -0.1) is 0 Å². The molecule has 100 valence electrons. The Morgan fingerprint density at radius 3 is 2.89 bits per heavy atom. The topological polar surface area (TPSA) is 80.0 Å². The Kier molecular flexibility index (Phi) is 3.65. The van der Waals surface area contributed by atoms with E-state index in [1.54, 1.807) is 6.92 Å². The number of carbonyl (C=O) groups is 1. The molecular weight excluding hydrogens is 232 g/mol. The fraction of sp³-hybridized carbons (Fsp3) is 0.750. The largest absolute Gasteiger partial charge is 0.346 e. The molecule has 1 saturated heterocycles. The predicted molar refractivity (Wildman–Crippen MR) is 65.6 cm³/mol. The molecule has 18 heavy (non-hydrogen) atoms. The standard InChI is InChI=1S/C12H20N4O2/c1-8(2)12(4-5-13-7-12)11(17)14-6-10-15-9(3)16-18-10/h8,13H,4-7H2,1-3H3,(H,14,17). The summed E-state index contributed by atoms with van der Waals surface area (Å²) < 4.78 is 4.98. The van der Waals surface area contributed by atoms with Crippen molar-refractivity contribution in [1.29, 1.82) is 0 Å². The first-order valence-corrected chi connectivity index (χ1v) is 6.33. The van der Waals surface area contributed by atoms with Gasteiger partial charge in [0.2, 0.25) is 11.8 Å². The summed E-state index contributed by atoms with van der Waals surface area (Å²) >= 11 is 0. The van der Waals surface area contributed by atoms with Crippen LogP contribution in [0, 0.1) is 18.3 Å². The molecule has 1 atom stereocenters. The lowest BCUT2D eigenvalue weighted by molar-refractivity contribution is -0.132. The van der Waals surface area contributed by atoms with E-state index in [2.05, 4.69) is 34.6 Å². The van der Waals surface area contributed by atoms with Gasteiger partial charge in [-0.3, -0.25) is 4.79 Å². The van der Waals surface area contributed by atoms with Crippen LogP contribution in [0.25, 0.3) is 0 Å². The van der Waals surface area contributed by atoms with Crippen molar-refractivity contribution in [2.24, 2.45) is 11.3 Å². The van der Waals surface area contributed by atoms with Gasteiger partial charge in [0.15, 0.2) is 5.82 Å². The highest BCUT2D eigenvalue weighted by Gasteiger charge is 2.43. The Morgan fingerprint density at radius 2 is 2.39 bits per heavy atom. The smallest absolute Gasteiger partial charge is 0.246 e. The summed E-state index contributed by atoms with van der Waals surface area (Å²) in [5, 5.41) is 9.86. The molecule has 2 N–H and O–H groups in total. The van der Waals surface area contributed by atoms with E-state index >= 15 is 0 Å². The summed E-state index contributed by atoms with van der Waals surface area (Å²) in [7, 11) is 0. The van der Waals surface area contributed by atoms with E-state index in [9.17, 15) is 4.79 Å². The molecular formula is C12H20N4O2. The Bertz CT molecular complexity index is 421. The molecule has 0 saturated carbocycles. The van der Waals surface area contributed by atoms with E-state index < -0.39 is 0 Å². The summed E-state index contributed by atoms with van der Waals surface area (Å²) in [5.41, 5.74) is -0.310. The molecule has 1 aliphatic heterocycles. The third-order valence-electron chi connectivity index (χ3n) is 3.72. The van der Waals surface area contributed by atoms with Crippen molar-refractivity contribution in [3.8, 4) is 0 Å². The molecule has 1 aromatic heterocycles. The maximum Gasteiger partial charge on any atom is 0.246 e. The summed E-state index contributed by atoms with van der Waals surface area (Å²) in [6.45, 7) is 7.86. The molecule has 1 amide bonds. The molecule has 1 aliphatic rings. The number of carbonyl (C=O) groups excluding carboxylic acids is 1. The first-order valence-electron chi connectivity index (χ1n) is 6.33. The predicted octanol–water partition coefficient (Wildman–Crippen LogP) is 0.630. The van der Waals surface area contributed by atoms with Crippen LogP contribution in [0.5, 0.6) is 0 Å². The number of nitrogens with zero attached hydrogens (tertiary/aromatic N) is 2. The van der Waals surface area contributed by atoms with Crippen molar-refractivity contribution in [1.82, 2.24) is 20.8 Å². The van der Waals surface area contributed by atoms with Crippen molar-refractivity contribution in [2.75, 3.05) is 13.1 Å². The molecule has 0 spiro atoms. The molecule has 0 aliphatic carbocycles. The average molecular weight is 252 g/mol. The highest BCUT2D eigenvalue weighted by Crippen LogP contribution is 2.34. The number of amides is 1. The number of aryl methyl sites for hydroxylation is 1. The van der Waals surface area contributed by atoms with E-state index in [1.807, 2.05) is 0 Å². The van der Waals surface area contributed by atoms with Gasteiger partial charge in [-0.05, 0) is 25.8 Å². The maximum atomic E-state index is 12.3. The molecule has 2 rings (SSSR count). The van der Waals surface area contributed by atoms with Crippen LogP contribution in [0.1, 0.15) is 32.0 Å². The molecule has 6 heteroatoms. The Balaban J connectivity index is 1.98.